The number of methoxy groups -OCH3 is 1. The fourth-order valence-corrected chi connectivity index (χ4v) is 2.31. The predicted molar refractivity (Wildman–Crippen MR) is 62.1 cm³/mol. The van der Waals surface area contributed by atoms with Crippen LogP contribution in [0.2, 0.25) is 0 Å². The third kappa shape index (κ3) is 2.15. The van der Waals surface area contributed by atoms with Gasteiger partial charge in [0.15, 0.2) is 0 Å². The Morgan fingerprint density at radius 3 is 2.27 bits per heavy atom. The highest BCUT2D eigenvalue weighted by Gasteiger charge is 2.30. The molecule has 1 heterocycles. The zero-order valence-electron chi connectivity index (χ0n) is 9.73. The van der Waals surface area contributed by atoms with Crippen molar-refractivity contribution in [2.75, 3.05) is 7.11 Å². The van der Waals surface area contributed by atoms with Crippen molar-refractivity contribution in [1.82, 2.24) is 4.90 Å². The van der Waals surface area contributed by atoms with Gasteiger partial charge < -0.3 is 4.74 Å². The van der Waals surface area contributed by atoms with Crippen LogP contribution in [0.1, 0.15) is 25.8 Å². The van der Waals surface area contributed by atoms with Crippen molar-refractivity contribution < 1.29 is 4.74 Å². The van der Waals surface area contributed by atoms with Crippen LogP contribution in [0.5, 0.6) is 5.75 Å². The quantitative estimate of drug-likeness (QED) is 0.752. The number of nitrogens with zero attached hydrogens (tertiary/aromatic N) is 1. The van der Waals surface area contributed by atoms with Crippen molar-refractivity contribution in [2.45, 2.75) is 38.9 Å². The summed E-state index contributed by atoms with van der Waals surface area (Å²) in [7, 11) is 1.70. The lowest BCUT2D eigenvalue weighted by atomic mass is 9.95. The molecule has 2 heteroatoms. The van der Waals surface area contributed by atoms with Gasteiger partial charge in [-0.05, 0) is 38.0 Å². The molecular formula is C13H19NO. The highest BCUT2D eigenvalue weighted by Crippen LogP contribution is 2.27. The zero-order valence-corrected chi connectivity index (χ0v) is 9.73. The summed E-state index contributed by atoms with van der Waals surface area (Å²) < 4.78 is 5.14. The van der Waals surface area contributed by atoms with Crippen molar-refractivity contribution in [3.63, 3.8) is 0 Å². The number of hydrogen-bond acceptors (Lipinski definition) is 2. The van der Waals surface area contributed by atoms with Crippen LogP contribution < -0.4 is 4.74 Å². The number of hydrogen-bond donors (Lipinski definition) is 0. The van der Waals surface area contributed by atoms with Crippen LogP contribution in [-0.2, 0) is 6.54 Å². The molecule has 1 aliphatic rings. The Labute approximate surface area is 91.9 Å². The zero-order chi connectivity index (χ0) is 10.8. The Morgan fingerprint density at radius 2 is 1.80 bits per heavy atom. The second kappa shape index (κ2) is 4.23. The number of benzene rings is 1. The first-order chi connectivity index (χ1) is 7.20. The molecule has 0 bridgehead atoms. The maximum Gasteiger partial charge on any atom is 0.118 e. The molecule has 0 saturated carbocycles. The first-order valence-electron chi connectivity index (χ1n) is 5.59. The topological polar surface area (TPSA) is 12.5 Å². The summed E-state index contributed by atoms with van der Waals surface area (Å²) in [4.78, 5) is 2.53. The van der Waals surface area contributed by atoms with E-state index < -0.39 is 0 Å². The van der Waals surface area contributed by atoms with Gasteiger partial charge in [-0.3, -0.25) is 4.90 Å². The van der Waals surface area contributed by atoms with Gasteiger partial charge in [0, 0.05) is 18.6 Å². The Morgan fingerprint density at radius 1 is 1.20 bits per heavy atom. The standard InChI is InChI=1S/C13H19NO/c1-10-8-11(2)14(10)9-12-4-6-13(15-3)7-5-12/h4-7,10-11H,8-9H2,1-3H3. The van der Waals surface area contributed by atoms with Gasteiger partial charge in [-0.1, -0.05) is 12.1 Å². The van der Waals surface area contributed by atoms with Crippen LogP contribution in [-0.4, -0.2) is 24.1 Å². The number of ether oxygens (including phenoxy) is 1. The molecular weight excluding hydrogens is 186 g/mol. The summed E-state index contributed by atoms with van der Waals surface area (Å²) >= 11 is 0. The van der Waals surface area contributed by atoms with Crippen LogP contribution in [0.4, 0.5) is 0 Å². The van der Waals surface area contributed by atoms with Gasteiger partial charge in [-0.25, -0.2) is 0 Å². The van der Waals surface area contributed by atoms with Crippen LogP contribution >= 0.6 is 0 Å². The van der Waals surface area contributed by atoms with Gasteiger partial charge in [0.1, 0.15) is 5.75 Å². The van der Waals surface area contributed by atoms with Gasteiger partial charge in [-0.2, -0.15) is 0 Å². The summed E-state index contributed by atoms with van der Waals surface area (Å²) in [5, 5.41) is 0. The second-order valence-electron chi connectivity index (χ2n) is 4.45. The maximum atomic E-state index is 5.14. The van der Waals surface area contributed by atoms with Crippen LogP contribution in [0.25, 0.3) is 0 Å². The molecule has 0 radical (unpaired) electrons. The van der Waals surface area contributed by atoms with Gasteiger partial charge in [0.05, 0.1) is 7.11 Å². The number of likely N-dealkylation sites (tertiary alicyclic amines) is 1. The van der Waals surface area contributed by atoms with Crippen LogP contribution in [0.15, 0.2) is 24.3 Å². The second-order valence-corrected chi connectivity index (χ2v) is 4.45. The van der Waals surface area contributed by atoms with Gasteiger partial charge in [-0.15, -0.1) is 0 Å². The third-order valence-corrected chi connectivity index (χ3v) is 3.34. The average Bonchev–Trinajstić information content (AvgIpc) is 2.27. The minimum atomic E-state index is 0.738. The molecule has 1 aliphatic heterocycles. The normalized spacial score (nSPS) is 26.1. The van der Waals surface area contributed by atoms with E-state index in [0.29, 0.717) is 0 Å². The lowest BCUT2D eigenvalue weighted by molar-refractivity contribution is 0.0295. The molecule has 0 aliphatic carbocycles. The van der Waals surface area contributed by atoms with E-state index in [0.717, 1.165) is 24.4 Å². The molecule has 1 aromatic rings. The summed E-state index contributed by atoms with van der Waals surface area (Å²) in [5.41, 5.74) is 1.37. The van der Waals surface area contributed by atoms with Crippen molar-refractivity contribution in [3.8, 4) is 5.75 Å². The molecule has 0 spiro atoms. The Bertz CT molecular complexity index is 312. The highest BCUT2D eigenvalue weighted by atomic mass is 16.5. The van der Waals surface area contributed by atoms with E-state index in [1.807, 2.05) is 12.1 Å². The Kier molecular flexibility index (Phi) is 2.96. The molecule has 0 amide bonds. The fraction of sp³-hybridized carbons (Fsp3) is 0.538. The molecule has 2 unspecified atom stereocenters. The molecule has 1 aromatic carbocycles. The van der Waals surface area contributed by atoms with E-state index >= 15 is 0 Å². The molecule has 0 N–H and O–H groups in total. The molecule has 2 nitrogen and oxygen atoms in total. The van der Waals surface area contributed by atoms with E-state index in [-0.39, 0.29) is 0 Å². The lowest BCUT2D eigenvalue weighted by Gasteiger charge is -2.45. The van der Waals surface area contributed by atoms with Gasteiger partial charge >= 0.3 is 0 Å². The third-order valence-electron chi connectivity index (χ3n) is 3.34. The summed E-state index contributed by atoms with van der Waals surface area (Å²) in [6, 6.07) is 9.84. The summed E-state index contributed by atoms with van der Waals surface area (Å²) in [6.07, 6.45) is 1.33. The Balaban J connectivity index is 1.98. The lowest BCUT2D eigenvalue weighted by Crippen LogP contribution is -2.51. The van der Waals surface area contributed by atoms with Crippen LogP contribution in [0, 0.1) is 0 Å². The molecule has 82 valence electrons. The summed E-state index contributed by atoms with van der Waals surface area (Å²) in [5.74, 6) is 0.934. The molecule has 1 saturated heterocycles. The van der Waals surface area contributed by atoms with Gasteiger partial charge in [0.2, 0.25) is 0 Å². The van der Waals surface area contributed by atoms with Crippen molar-refractivity contribution in [2.24, 2.45) is 0 Å². The van der Waals surface area contributed by atoms with Crippen molar-refractivity contribution >= 4 is 0 Å². The Hall–Kier alpha value is -1.02. The highest BCUT2D eigenvalue weighted by molar-refractivity contribution is 5.27. The first kappa shape index (κ1) is 10.5. The van der Waals surface area contributed by atoms with E-state index in [2.05, 4.69) is 30.9 Å². The fourth-order valence-electron chi connectivity index (χ4n) is 2.31. The average molecular weight is 205 g/mol. The molecule has 15 heavy (non-hydrogen) atoms. The van der Waals surface area contributed by atoms with E-state index in [4.69, 9.17) is 4.74 Å². The van der Waals surface area contributed by atoms with Crippen molar-refractivity contribution in [1.29, 1.82) is 0 Å². The van der Waals surface area contributed by atoms with Crippen molar-refractivity contribution in [3.05, 3.63) is 29.8 Å². The molecule has 1 fully saturated rings. The number of rotatable bonds is 3. The minimum absolute atomic E-state index is 0.738. The largest absolute Gasteiger partial charge is 0.497 e. The predicted octanol–water partition coefficient (Wildman–Crippen LogP) is 2.68. The van der Waals surface area contributed by atoms with Crippen LogP contribution in [0.3, 0.4) is 0 Å². The van der Waals surface area contributed by atoms with E-state index in [1.54, 1.807) is 7.11 Å². The minimum Gasteiger partial charge on any atom is -0.497 e. The maximum absolute atomic E-state index is 5.14. The van der Waals surface area contributed by atoms with E-state index in [9.17, 15) is 0 Å². The van der Waals surface area contributed by atoms with Gasteiger partial charge in [0.25, 0.3) is 0 Å². The molecule has 2 rings (SSSR count). The first-order valence-corrected chi connectivity index (χ1v) is 5.59. The summed E-state index contributed by atoms with van der Waals surface area (Å²) in [6.45, 7) is 5.65. The van der Waals surface area contributed by atoms with E-state index in [1.165, 1.54) is 12.0 Å². The SMILES string of the molecule is COc1ccc(CN2C(C)CC2C)cc1. The monoisotopic (exact) mass is 205 g/mol. The smallest absolute Gasteiger partial charge is 0.118 e. The molecule has 2 atom stereocenters. The molecule has 0 aromatic heterocycles.